The van der Waals surface area contributed by atoms with Gasteiger partial charge in [-0.1, -0.05) is 20.8 Å². The van der Waals surface area contributed by atoms with E-state index in [9.17, 15) is 30.0 Å². The number of hydrogen-bond acceptors (Lipinski definition) is 12. The number of aliphatic hydroxyl groups is 4. The van der Waals surface area contributed by atoms with Crippen molar-refractivity contribution in [2.24, 2.45) is 5.92 Å². The second kappa shape index (κ2) is 16.6. The molecule has 10 atom stereocenters. The van der Waals surface area contributed by atoms with Gasteiger partial charge in [-0.15, -0.1) is 0 Å². The van der Waals surface area contributed by atoms with E-state index in [0.717, 1.165) is 0 Å². The van der Waals surface area contributed by atoms with Crippen molar-refractivity contribution in [2.75, 3.05) is 46.6 Å². The van der Waals surface area contributed by atoms with Gasteiger partial charge in [0.05, 0.1) is 38.6 Å². The highest BCUT2D eigenvalue weighted by Crippen LogP contribution is 2.31. The molecule has 14 heteroatoms. The van der Waals surface area contributed by atoms with E-state index in [1.165, 1.54) is 7.11 Å². The number of carbonyl (C=O) groups is 2. The monoisotopic (exact) mass is 552 g/mol. The maximum absolute atomic E-state index is 11.4. The summed E-state index contributed by atoms with van der Waals surface area (Å²) in [4.78, 5) is 22.7. The maximum atomic E-state index is 11.4. The minimum Gasteiger partial charge on any atom is -0.390 e. The molecule has 0 aromatic heterocycles. The third-order valence-corrected chi connectivity index (χ3v) is 6.57. The van der Waals surface area contributed by atoms with Crippen molar-refractivity contribution in [3.05, 3.63) is 0 Å². The zero-order valence-corrected chi connectivity index (χ0v) is 22.5. The van der Waals surface area contributed by atoms with Gasteiger partial charge in [-0.25, -0.2) is 0 Å². The highest BCUT2D eigenvalue weighted by molar-refractivity contribution is 5.75. The van der Waals surface area contributed by atoms with Gasteiger partial charge >= 0.3 is 0 Å². The lowest BCUT2D eigenvalue weighted by atomic mass is 9.90. The Labute approximate surface area is 222 Å². The Morgan fingerprint density at radius 2 is 1.26 bits per heavy atom. The summed E-state index contributed by atoms with van der Waals surface area (Å²) in [7, 11) is 1.31. The molecular formula is C24H44N2O12. The van der Waals surface area contributed by atoms with Gasteiger partial charge in [-0.2, -0.15) is 0 Å². The largest absolute Gasteiger partial charge is 0.390 e. The molecule has 222 valence electrons. The predicted octanol–water partition coefficient (Wildman–Crippen LogP) is -2.37. The van der Waals surface area contributed by atoms with Crippen molar-refractivity contribution < 1.29 is 58.4 Å². The van der Waals surface area contributed by atoms with Crippen LogP contribution in [0.2, 0.25) is 0 Å². The topological polar surface area (TPSA) is 194 Å². The zero-order valence-electron chi connectivity index (χ0n) is 22.5. The second-order valence-corrected chi connectivity index (χ2v) is 9.30. The molecule has 0 spiro atoms. The average molecular weight is 553 g/mol. The van der Waals surface area contributed by atoms with Crippen LogP contribution in [0.1, 0.15) is 33.6 Å². The van der Waals surface area contributed by atoms with Gasteiger partial charge in [0.2, 0.25) is 11.8 Å². The average Bonchev–Trinajstić information content (AvgIpc) is 2.92. The summed E-state index contributed by atoms with van der Waals surface area (Å²) in [5.41, 5.74) is 0. The molecule has 0 aromatic carbocycles. The fourth-order valence-corrected chi connectivity index (χ4v) is 4.10. The number of ether oxygens (including phenoxy) is 6. The van der Waals surface area contributed by atoms with E-state index in [4.69, 9.17) is 28.4 Å². The molecule has 2 amide bonds. The minimum absolute atomic E-state index is 0.0565. The Morgan fingerprint density at radius 3 is 1.79 bits per heavy atom. The Morgan fingerprint density at radius 1 is 0.763 bits per heavy atom. The lowest BCUT2D eigenvalue weighted by Crippen LogP contribution is -2.63. The van der Waals surface area contributed by atoms with Crippen molar-refractivity contribution in [2.45, 2.75) is 88.9 Å². The van der Waals surface area contributed by atoms with Gasteiger partial charge < -0.3 is 59.5 Å². The summed E-state index contributed by atoms with van der Waals surface area (Å²) < 4.78 is 33.8. The van der Waals surface area contributed by atoms with Gasteiger partial charge in [0, 0.05) is 39.0 Å². The second-order valence-electron chi connectivity index (χ2n) is 9.30. The molecular weight excluding hydrogens is 508 g/mol. The molecule has 0 bridgehead atoms. The molecule has 0 radical (unpaired) electrons. The molecule has 14 nitrogen and oxygen atoms in total. The third-order valence-electron chi connectivity index (χ3n) is 6.57. The maximum Gasteiger partial charge on any atom is 0.219 e. The van der Waals surface area contributed by atoms with E-state index in [2.05, 4.69) is 10.6 Å². The SMILES string of the molecule is CCC(=O)NCCOCC1OC(OC2C(COCCNC(=O)CC)OC(OC)C(O)C2O)C(O)C(O)C1C. The van der Waals surface area contributed by atoms with Crippen LogP contribution < -0.4 is 10.6 Å². The number of carbonyl (C=O) groups excluding carboxylic acids is 2. The summed E-state index contributed by atoms with van der Waals surface area (Å²) in [6.45, 7) is 6.09. The zero-order chi connectivity index (χ0) is 28.2. The Balaban J connectivity index is 2.00. The van der Waals surface area contributed by atoms with E-state index >= 15 is 0 Å². The normalized spacial score (nSPS) is 35.6. The predicted molar refractivity (Wildman–Crippen MR) is 131 cm³/mol. The number of rotatable bonds is 15. The molecule has 2 rings (SSSR count). The minimum atomic E-state index is -1.49. The highest BCUT2D eigenvalue weighted by Gasteiger charge is 2.50. The van der Waals surface area contributed by atoms with Gasteiger partial charge in [-0.3, -0.25) is 9.59 Å². The molecule has 2 saturated heterocycles. The van der Waals surface area contributed by atoms with Crippen molar-refractivity contribution in [1.82, 2.24) is 10.6 Å². The van der Waals surface area contributed by atoms with E-state index in [1.54, 1.807) is 20.8 Å². The molecule has 0 saturated carbocycles. The first-order valence-corrected chi connectivity index (χ1v) is 13.0. The first-order chi connectivity index (χ1) is 18.1. The molecule has 2 heterocycles. The van der Waals surface area contributed by atoms with Crippen LogP contribution in [-0.4, -0.2) is 134 Å². The molecule has 2 fully saturated rings. The van der Waals surface area contributed by atoms with Crippen LogP contribution in [0, 0.1) is 5.92 Å². The van der Waals surface area contributed by atoms with Crippen LogP contribution in [-0.2, 0) is 38.0 Å². The van der Waals surface area contributed by atoms with E-state index in [0.29, 0.717) is 19.4 Å². The lowest BCUT2D eigenvalue weighted by molar-refractivity contribution is -0.354. The summed E-state index contributed by atoms with van der Waals surface area (Å²) in [5, 5.41) is 47.8. The quantitative estimate of drug-likeness (QED) is 0.118. The fraction of sp³-hybridized carbons (Fsp3) is 0.917. The fourth-order valence-electron chi connectivity index (χ4n) is 4.10. The van der Waals surface area contributed by atoms with E-state index < -0.39 is 61.2 Å². The van der Waals surface area contributed by atoms with Gasteiger partial charge in [0.15, 0.2) is 12.6 Å². The number of methoxy groups -OCH3 is 1. The lowest BCUT2D eigenvalue weighted by Gasteiger charge is -2.46. The van der Waals surface area contributed by atoms with Crippen LogP contribution in [0.15, 0.2) is 0 Å². The molecule has 10 unspecified atom stereocenters. The number of aliphatic hydroxyl groups excluding tert-OH is 4. The molecule has 0 aromatic rings. The standard InChI is InChI=1S/C24H44N2O12/c1-5-16(27)25-7-9-34-11-14-13(3)18(29)20(31)24(36-14)38-22-15(12-35-10-8-26-17(28)6-2)37-23(33-4)21(32)19(22)30/h13-15,18-24,29-32H,5-12H2,1-4H3,(H,25,27)(H,26,28). The van der Waals surface area contributed by atoms with Crippen LogP contribution >= 0.6 is 0 Å². The van der Waals surface area contributed by atoms with E-state index in [1.807, 2.05) is 0 Å². The van der Waals surface area contributed by atoms with Crippen LogP contribution in [0.3, 0.4) is 0 Å². The highest BCUT2D eigenvalue weighted by atomic mass is 16.7. The van der Waals surface area contributed by atoms with Crippen molar-refractivity contribution >= 4 is 11.8 Å². The number of hydrogen-bond donors (Lipinski definition) is 6. The van der Waals surface area contributed by atoms with Crippen molar-refractivity contribution in [1.29, 1.82) is 0 Å². The van der Waals surface area contributed by atoms with Crippen molar-refractivity contribution in [3.63, 3.8) is 0 Å². The summed E-state index contributed by atoms with van der Waals surface area (Å²) in [5.74, 6) is -0.732. The van der Waals surface area contributed by atoms with Crippen LogP contribution in [0.25, 0.3) is 0 Å². The Hall–Kier alpha value is -1.46. The summed E-state index contributed by atoms with van der Waals surface area (Å²) in [6.07, 6.45) is -10.3. The van der Waals surface area contributed by atoms with E-state index in [-0.39, 0.29) is 44.8 Å². The van der Waals surface area contributed by atoms with Gasteiger partial charge in [0.1, 0.15) is 30.5 Å². The molecule has 0 aliphatic carbocycles. The van der Waals surface area contributed by atoms with Crippen molar-refractivity contribution in [3.8, 4) is 0 Å². The number of amides is 2. The van der Waals surface area contributed by atoms with Gasteiger partial charge in [-0.05, 0) is 0 Å². The summed E-state index contributed by atoms with van der Waals surface area (Å²) >= 11 is 0. The third kappa shape index (κ3) is 9.33. The van der Waals surface area contributed by atoms with Crippen LogP contribution in [0.4, 0.5) is 0 Å². The first kappa shape index (κ1) is 32.8. The van der Waals surface area contributed by atoms with Gasteiger partial charge in [0.25, 0.3) is 0 Å². The molecule has 2 aliphatic heterocycles. The molecule has 6 N–H and O–H groups in total. The Bertz CT molecular complexity index is 716. The molecule has 38 heavy (non-hydrogen) atoms. The summed E-state index contributed by atoms with van der Waals surface area (Å²) in [6, 6.07) is 0. The Kier molecular flexibility index (Phi) is 14.3. The van der Waals surface area contributed by atoms with Crippen LogP contribution in [0.5, 0.6) is 0 Å². The number of nitrogens with one attached hydrogen (secondary N) is 2. The molecule has 2 aliphatic rings. The first-order valence-electron chi connectivity index (χ1n) is 13.0. The smallest absolute Gasteiger partial charge is 0.219 e.